The zero-order valence-electron chi connectivity index (χ0n) is 9.37. The molecule has 18 heavy (non-hydrogen) atoms. The van der Waals surface area contributed by atoms with E-state index in [1.807, 2.05) is 0 Å². The van der Waals surface area contributed by atoms with Gasteiger partial charge in [0.2, 0.25) is 0 Å². The molecule has 0 bridgehead atoms. The van der Waals surface area contributed by atoms with Gasteiger partial charge in [-0.05, 0) is 24.5 Å². The van der Waals surface area contributed by atoms with Gasteiger partial charge in [-0.25, -0.2) is 0 Å². The highest BCUT2D eigenvalue weighted by Gasteiger charge is 2.30. The molecule has 0 aromatic heterocycles. The van der Waals surface area contributed by atoms with Crippen molar-refractivity contribution in [3.05, 3.63) is 35.4 Å². The van der Waals surface area contributed by atoms with Crippen LogP contribution in [-0.4, -0.2) is 26.7 Å². The number of aryl methyl sites for hydroxylation is 1. The number of rotatable bonds is 5. The molecule has 7 heteroatoms. The van der Waals surface area contributed by atoms with Gasteiger partial charge in [-0.15, -0.1) is 0 Å². The molecule has 2 N–H and O–H groups in total. The maximum absolute atomic E-state index is 12.4. The monoisotopic (exact) mass is 277 g/mol. The van der Waals surface area contributed by atoms with Crippen molar-refractivity contribution in [3.8, 4) is 0 Å². The van der Waals surface area contributed by atoms with Crippen molar-refractivity contribution in [2.24, 2.45) is 0 Å². The highest BCUT2D eigenvalue weighted by molar-refractivity contribution is 5.98. The maximum atomic E-state index is 12.4. The van der Waals surface area contributed by atoms with Crippen LogP contribution in [0.3, 0.4) is 0 Å². The number of hydrogen-bond acceptors (Lipinski definition) is 3. The molecule has 1 rings (SSSR count). The van der Waals surface area contributed by atoms with Crippen molar-refractivity contribution in [2.75, 3.05) is 0 Å². The average molecular weight is 277 g/mol. The number of halogens is 3. The predicted molar refractivity (Wildman–Crippen MR) is 58.4 cm³/mol. The van der Waals surface area contributed by atoms with E-state index in [1.165, 1.54) is 6.07 Å². The fraction of sp³-hybridized carbons (Fsp3) is 0.455. The third-order valence-corrected chi connectivity index (χ3v) is 2.71. The van der Waals surface area contributed by atoms with Crippen molar-refractivity contribution in [2.45, 2.75) is 31.4 Å². The zero-order valence-corrected chi connectivity index (χ0v) is 10.4. The van der Waals surface area contributed by atoms with Gasteiger partial charge in [0.25, 0.3) is 16.5 Å². The van der Waals surface area contributed by atoms with Crippen LogP contribution in [0.1, 0.15) is 24.0 Å². The number of hydrogen-bond donors (Lipinski definition) is 2. The van der Waals surface area contributed by atoms with Gasteiger partial charge in [0, 0.05) is 6.42 Å². The molecule has 0 atom stereocenters. The fourth-order valence-electron chi connectivity index (χ4n) is 1.48. The van der Waals surface area contributed by atoms with Crippen LogP contribution in [0.25, 0.3) is 0 Å². The Bertz CT molecular complexity index is 393. The van der Waals surface area contributed by atoms with E-state index in [9.17, 15) is 13.2 Å². The molecule has 0 aliphatic heterocycles. The van der Waals surface area contributed by atoms with Crippen LogP contribution >= 0.6 is 0 Å². The number of aliphatic hydroxyl groups is 2. The Hall–Kier alpha value is -0.893. The van der Waals surface area contributed by atoms with Gasteiger partial charge in [0.05, 0.1) is 5.56 Å². The third-order valence-electron chi connectivity index (χ3n) is 2.39. The molecule has 0 amide bonds. The fourth-order valence-corrected chi connectivity index (χ4v) is 1.58. The van der Waals surface area contributed by atoms with Gasteiger partial charge in [-0.2, -0.15) is 13.2 Å². The first-order chi connectivity index (χ1) is 8.24. The van der Waals surface area contributed by atoms with Crippen LogP contribution < -0.4 is 0 Å². The quantitative estimate of drug-likeness (QED) is 0.637. The van der Waals surface area contributed by atoms with Gasteiger partial charge in [-0.3, -0.25) is 0 Å². The van der Waals surface area contributed by atoms with Crippen molar-refractivity contribution in [1.82, 2.24) is 0 Å². The second kappa shape index (κ2) is 5.83. The summed E-state index contributed by atoms with van der Waals surface area (Å²) in [5.74, 6) is -2.31. The smallest absolute Gasteiger partial charge is 0.371 e. The van der Waals surface area contributed by atoms with E-state index in [-0.39, 0.29) is 12.8 Å². The van der Waals surface area contributed by atoms with Crippen molar-refractivity contribution >= 4 is 10.5 Å². The largest absolute Gasteiger partial charge is 0.416 e. The van der Waals surface area contributed by atoms with Gasteiger partial charge in [0.15, 0.2) is 0 Å². The summed E-state index contributed by atoms with van der Waals surface area (Å²) in [6.07, 6.45) is -3.92. The highest BCUT2D eigenvalue weighted by Crippen LogP contribution is 2.29. The van der Waals surface area contributed by atoms with Crippen LogP contribution in [0.5, 0.6) is 0 Å². The van der Waals surface area contributed by atoms with Crippen LogP contribution in [0, 0.1) is 0 Å². The summed E-state index contributed by atoms with van der Waals surface area (Å²) in [7, 11) is 2.49. The molecule has 0 saturated carbocycles. The molecule has 0 heterocycles. The lowest BCUT2D eigenvalue weighted by atomic mass is 10.0. The Morgan fingerprint density at radius 1 is 1.22 bits per heavy atom. The molecular weight excluding hydrogens is 265 g/mol. The lowest BCUT2D eigenvalue weighted by Crippen LogP contribution is -2.30. The first-order valence-electron chi connectivity index (χ1n) is 5.20. The number of benzene rings is 1. The van der Waals surface area contributed by atoms with Gasteiger partial charge in [-0.1, -0.05) is 18.2 Å². The van der Waals surface area contributed by atoms with E-state index in [4.69, 9.17) is 10.2 Å². The van der Waals surface area contributed by atoms with Gasteiger partial charge in [0.1, 0.15) is 0 Å². The molecule has 0 aliphatic rings. The maximum Gasteiger partial charge on any atom is 0.416 e. The Labute approximate surface area is 106 Å². The third kappa shape index (κ3) is 4.77. The van der Waals surface area contributed by atoms with Crippen molar-refractivity contribution < 1.29 is 27.8 Å². The van der Waals surface area contributed by atoms with E-state index in [0.717, 1.165) is 12.1 Å². The topological polar surface area (TPSA) is 49.7 Å². The molecular formula is C11H12F3O3Si. The molecule has 1 aromatic rings. The standard InChI is InChI=1S/C11H12F3O3Si/c12-11(13,14)9-5-1-3-8(7-9)4-2-6-10(15,16)17-18/h1,3,5,7,15-16H,2,4,6H2. The molecule has 1 aromatic carbocycles. The van der Waals surface area contributed by atoms with E-state index in [1.54, 1.807) is 6.07 Å². The molecule has 99 valence electrons. The average Bonchev–Trinajstić information content (AvgIpc) is 2.28. The Kier molecular flexibility index (Phi) is 4.91. The molecule has 3 radical (unpaired) electrons. The minimum Gasteiger partial charge on any atom is -0.371 e. The summed E-state index contributed by atoms with van der Waals surface area (Å²) in [6, 6.07) is 4.92. The van der Waals surface area contributed by atoms with Crippen molar-refractivity contribution in [1.29, 1.82) is 0 Å². The second-order valence-electron chi connectivity index (χ2n) is 3.90. The molecule has 0 unspecified atom stereocenters. The Morgan fingerprint density at radius 2 is 1.89 bits per heavy atom. The second-order valence-corrected chi connectivity index (χ2v) is 4.10. The molecule has 0 aliphatic carbocycles. The molecule has 0 spiro atoms. The Balaban J connectivity index is 2.59. The minimum atomic E-state index is -4.37. The first-order valence-corrected chi connectivity index (χ1v) is 5.61. The zero-order chi connectivity index (χ0) is 13.8. The van der Waals surface area contributed by atoms with Gasteiger partial charge < -0.3 is 14.6 Å². The molecule has 0 saturated heterocycles. The first kappa shape index (κ1) is 15.2. The summed E-state index contributed by atoms with van der Waals surface area (Å²) < 4.78 is 41.5. The van der Waals surface area contributed by atoms with Crippen LogP contribution in [0.15, 0.2) is 24.3 Å². The van der Waals surface area contributed by atoms with Gasteiger partial charge >= 0.3 is 6.18 Å². The van der Waals surface area contributed by atoms with E-state index >= 15 is 0 Å². The normalized spacial score (nSPS) is 12.8. The highest BCUT2D eigenvalue weighted by atomic mass is 28.2. The van der Waals surface area contributed by atoms with Crippen LogP contribution in [-0.2, 0) is 17.0 Å². The molecule has 3 nitrogen and oxygen atoms in total. The Morgan fingerprint density at radius 3 is 2.44 bits per heavy atom. The lowest BCUT2D eigenvalue weighted by molar-refractivity contribution is -0.295. The van der Waals surface area contributed by atoms with E-state index in [0.29, 0.717) is 12.0 Å². The van der Waals surface area contributed by atoms with Crippen LogP contribution in [0.4, 0.5) is 13.2 Å². The SMILES string of the molecule is OC(O)(CCCc1cccc(C(F)(F)F)c1)O[Si]. The lowest BCUT2D eigenvalue weighted by Gasteiger charge is -2.19. The summed E-state index contributed by atoms with van der Waals surface area (Å²) >= 11 is 0. The van der Waals surface area contributed by atoms with E-state index < -0.39 is 17.7 Å². The van der Waals surface area contributed by atoms with Crippen molar-refractivity contribution in [3.63, 3.8) is 0 Å². The minimum absolute atomic E-state index is 0.118. The number of alkyl halides is 3. The predicted octanol–water partition coefficient (Wildman–Crippen LogP) is 1.77. The van der Waals surface area contributed by atoms with Crippen LogP contribution in [0.2, 0.25) is 0 Å². The summed E-state index contributed by atoms with van der Waals surface area (Å²) in [5, 5.41) is 18.2. The summed E-state index contributed by atoms with van der Waals surface area (Å²) in [4.78, 5) is 0. The summed E-state index contributed by atoms with van der Waals surface area (Å²) in [6.45, 7) is 0. The van der Waals surface area contributed by atoms with E-state index in [2.05, 4.69) is 14.9 Å². The summed E-state index contributed by atoms with van der Waals surface area (Å²) in [5.41, 5.74) is -0.231. The molecule has 0 fully saturated rings.